The van der Waals surface area contributed by atoms with Gasteiger partial charge in [0, 0.05) is 76.8 Å². The number of aromatic nitrogens is 4. The molecule has 0 aliphatic carbocycles. The van der Waals surface area contributed by atoms with Crippen molar-refractivity contribution in [2.24, 2.45) is 0 Å². The smallest absolute Gasteiger partial charge is 0.345 e. The molecule has 2 atom stereocenters. The lowest BCUT2D eigenvalue weighted by Gasteiger charge is -2.31. The molecule has 46 heavy (non-hydrogen) atoms. The van der Waals surface area contributed by atoms with Crippen molar-refractivity contribution in [2.75, 3.05) is 33.4 Å². The predicted molar refractivity (Wildman–Crippen MR) is 168 cm³/mol. The normalized spacial score (nSPS) is 18.3. The number of rotatable bonds is 8. The molecule has 6 heterocycles. The molecule has 7 rings (SSSR count). The summed E-state index contributed by atoms with van der Waals surface area (Å²) in [5.74, 6) is -1.88. The summed E-state index contributed by atoms with van der Waals surface area (Å²) in [7, 11) is 2.09. The summed E-state index contributed by atoms with van der Waals surface area (Å²) in [5.41, 5.74) is 5.88. The highest BCUT2D eigenvalue weighted by atomic mass is 32.1. The Kier molecular flexibility index (Phi) is 8.26. The monoisotopic (exact) mass is 652 g/mol. The van der Waals surface area contributed by atoms with Gasteiger partial charge in [0.1, 0.15) is 35.4 Å². The number of ether oxygens (including phenoxy) is 2. The lowest BCUT2D eigenvalue weighted by Crippen LogP contribution is -2.31. The number of pyridine rings is 2. The molecule has 0 amide bonds. The van der Waals surface area contributed by atoms with Crippen LogP contribution in [0.1, 0.15) is 42.9 Å². The van der Waals surface area contributed by atoms with Crippen molar-refractivity contribution in [1.82, 2.24) is 30.0 Å². The molecule has 0 saturated carbocycles. The minimum atomic E-state index is -2.99. The Morgan fingerprint density at radius 1 is 1.07 bits per heavy atom. The van der Waals surface area contributed by atoms with Gasteiger partial charge in [-0.1, -0.05) is 0 Å². The van der Waals surface area contributed by atoms with E-state index in [1.54, 1.807) is 0 Å². The molecular weight excluding hydrogens is 620 g/mol. The second-order valence-electron chi connectivity index (χ2n) is 11.6. The zero-order chi connectivity index (χ0) is 32.1. The Morgan fingerprint density at radius 2 is 1.91 bits per heavy atom. The summed E-state index contributed by atoms with van der Waals surface area (Å²) < 4.78 is 68.5. The first-order chi connectivity index (χ1) is 22.2. The standard InChI is InChI=1S/C33H32F4N6O2S/c1-17-26-15-25(41-43(26)8-6-38-17)31-29(28-23(35)13-20(34)14-27(28)44-9-10-45-33(36)37)32-21(5-11-46-32)30(40-31)19-12-22-18(2)42(3)7-4-24(22)39-16-19/h5,11-18,33,38H,4,6-10H2,1-3H3/t17-,18-/m1/s1. The predicted octanol–water partition coefficient (Wildman–Crippen LogP) is 7.00. The molecule has 4 aromatic heterocycles. The van der Waals surface area contributed by atoms with Crippen LogP contribution in [0.15, 0.2) is 41.9 Å². The maximum absolute atomic E-state index is 16.0. The van der Waals surface area contributed by atoms with E-state index in [0.717, 1.165) is 59.5 Å². The summed E-state index contributed by atoms with van der Waals surface area (Å²) in [4.78, 5) is 12.3. The molecule has 0 saturated heterocycles. The average molecular weight is 653 g/mol. The molecule has 1 N–H and O–H groups in total. The molecular formula is C33H32F4N6O2S. The lowest BCUT2D eigenvalue weighted by molar-refractivity contribution is -0.133. The zero-order valence-electron chi connectivity index (χ0n) is 25.5. The number of benzene rings is 1. The number of hydrogen-bond acceptors (Lipinski definition) is 8. The Balaban J connectivity index is 1.46. The van der Waals surface area contributed by atoms with Crippen LogP contribution < -0.4 is 10.1 Å². The van der Waals surface area contributed by atoms with E-state index < -0.39 is 24.9 Å². The second-order valence-corrected chi connectivity index (χ2v) is 12.5. The van der Waals surface area contributed by atoms with Gasteiger partial charge in [-0.15, -0.1) is 11.3 Å². The summed E-state index contributed by atoms with van der Waals surface area (Å²) in [5, 5.41) is 11.0. The van der Waals surface area contributed by atoms with Gasteiger partial charge in [-0.2, -0.15) is 13.9 Å². The van der Waals surface area contributed by atoms with Crippen molar-refractivity contribution in [2.45, 2.75) is 45.5 Å². The Bertz CT molecular complexity index is 1930. The van der Waals surface area contributed by atoms with Crippen molar-refractivity contribution in [3.63, 3.8) is 0 Å². The largest absolute Gasteiger partial charge is 0.490 e. The van der Waals surface area contributed by atoms with Crippen LogP contribution in [-0.4, -0.2) is 64.6 Å². The zero-order valence-corrected chi connectivity index (χ0v) is 26.3. The topological polar surface area (TPSA) is 77.3 Å². The van der Waals surface area contributed by atoms with Gasteiger partial charge in [0.15, 0.2) is 0 Å². The van der Waals surface area contributed by atoms with E-state index in [9.17, 15) is 13.2 Å². The molecule has 0 fully saturated rings. The molecule has 0 radical (unpaired) electrons. The van der Waals surface area contributed by atoms with Crippen LogP contribution in [0.4, 0.5) is 17.6 Å². The summed E-state index contributed by atoms with van der Waals surface area (Å²) >= 11 is 1.39. The van der Waals surface area contributed by atoms with Crippen molar-refractivity contribution < 1.29 is 27.0 Å². The van der Waals surface area contributed by atoms with Gasteiger partial charge in [0.2, 0.25) is 0 Å². The van der Waals surface area contributed by atoms with Crippen molar-refractivity contribution >= 4 is 21.4 Å². The number of halogens is 4. The van der Waals surface area contributed by atoms with Crippen LogP contribution in [0.2, 0.25) is 0 Å². The van der Waals surface area contributed by atoms with Gasteiger partial charge < -0.3 is 14.8 Å². The number of alkyl halides is 2. The van der Waals surface area contributed by atoms with Crippen LogP contribution in [0.25, 0.3) is 43.9 Å². The fourth-order valence-electron chi connectivity index (χ4n) is 6.35. The van der Waals surface area contributed by atoms with E-state index in [0.29, 0.717) is 33.9 Å². The molecule has 0 bridgehead atoms. The average Bonchev–Trinajstić information content (AvgIpc) is 3.69. The highest BCUT2D eigenvalue weighted by Crippen LogP contribution is 2.47. The van der Waals surface area contributed by atoms with Crippen LogP contribution in [-0.2, 0) is 17.7 Å². The van der Waals surface area contributed by atoms with Crippen LogP contribution >= 0.6 is 11.3 Å². The fraction of sp³-hybridized carbons (Fsp3) is 0.364. The Morgan fingerprint density at radius 3 is 2.72 bits per heavy atom. The van der Waals surface area contributed by atoms with Crippen molar-refractivity contribution in [3.05, 3.63) is 70.5 Å². The van der Waals surface area contributed by atoms with Crippen LogP contribution in [0.3, 0.4) is 0 Å². The number of hydrogen-bond donors (Lipinski definition) is 1. The maximum Gasteiger partial charge on any atom is 0.345 e. The molecule has 8 nitrogen and oxygen atoms in total. The molecule has 240 valence electrons. The summed E-state index contributed by atoms with van der Waals surface area (Å²) in [6.45, 7) is 2.70. The minimum Gasteiger partial charge on any atom is -0.490 e. The van der Waals surface area contributed by atoms with Gasteiger partial charge in [0.05, 0.1) is 30.1 Å². The first-order valence-electron chi connectivity index (χ1n) is 15.1. The van der Waals surface area contributed by atoms with Gasteiger partial charge >= 0.3 is 6.61 Å². The molecule has 2 aliphatic rings. The van der Waals surface area contributed by atoms with Gasteiger partial charge in [-0.05, 0) is 50.0 Å². The number of fused-ring (bicyclic) bond motifs is 3. The van der Waals surface area contributed by atoms with E-state index in [4.69, 9.17) is 19.8 Å². The van der Waals surface area contributed by atoms with Gasteiger partial charge in [0.25, 0.3) is 0 Å². The van der Waals surface area contributed by atoms with Crippen molar-refractivity contribution in [1.29, 1.82) is 0 Å². The third-order valence-corrected chi connectivity index (χ3v) is 9.75. The second kappa shape index (κ2) is 12.4. The minimum absolute atomic E-state index is 0.0306. The van der Waals surface area contributed by atoms with Gasteiger partial charge in [-0.3, -0.25) is 14.6 Å². The van der Waals surface area contributed by atoms with Gasteiger partial charge in [-0.25, -0.2) is 13.8 Å². The van der Waals surface area contributed by atoms with E-state index in [1.165, 1.54) is 11.3 Å². The summed E-state index contributed by atoms with van der Waals surface area (Å²) in [6.07, 6.45) is 2.68. The summed E-state index contributed by atoms with van der Waals surface area (Å²) in [6, 6.07) is 8.02. The highest BCUT2D eigenvalue weighted by Gasteiger charge is 2.29. The number of nitrogens with zero attached hydrogens (tertiary/aromatic N) is 5. The molecule has 2 aliphatic heterocycles. The van der Waals surface area contributed by atoms with Crippen molar-refractivity contribution in [3.8, 4) is 39.5 Å². The fourth-order valence-corrected chi connectivity index (χ4v) is 7.30. The Hall–Kier alpha value is -3.91. The molecule has 0 spiro atoms. The van der Waals surface area contributed by atoms with E-state index in [-0.39, 0.29) is 30.0 Å². The molecule has 1 aromatic carbocycles. The van der Waals surface area contributed by atoms with Crippen LogP contribution in [0, 0.1) is 11.6 Å². The Labute approximate surface area is 267 Å². The third-order valence-electron chi connectivity index (χ3n) is 8.82. The number of thiophene rings is 1. The first-order valence-corrected chi connectivity index (χ1v) is 16.0. The molecule has 0 unspecified atom stereocenters. The highest BCUT2D eigenvalue weighted by molar-refractivity contribution is 7.18. The van der Waals surface area contributed by atoms with E-state index in [1.807, 2.05) is 35.3 Å². The third kappa shape index (κ3) is 5.55. The lowest BCUT2D eigenvalue weighted by atomic mass is 9.94. The first kappa shape index (κ1) is 30.7. The van der Waals surface area contributed by atoms with E-state index >= 15 is 4.39 Å². The SMILES string of the molecule is C[C@@H]1c2cc(-c3nc(-c4cc5n(n4)CCN[C@@H]5C)c(-c4c(F)cc(F)cc4OCCOC(F)F)c4sccc34)cnc2CCN1C. The molecule has 5 aromatic rings. The number of nitrogens with one attached hydrogen (secondary N) is 1. The maximum atomic E-state index is 16.0. The quantitative estimate of drug-likeness (QED) is 0.143. The van der Waals surface area contributed by atoms with Crippen LogP contribution in [0.5, 0.6) is 5.75 Å². The molecule has 13 heteroatoms. The number of likely N-dealkylation sites (N-methyl/N-ethyl adjacent to an activating group) is 1. The van der Waals surface area contributed by atoms with E-state index in [2.05, 4.69) is 35.0 Å².